The van der Waals surface area contributed by atoms with Crippen LogP contribution in [0.4, 0.5) is 5.69 Å². The van der Waals surface area contributed by atoms with Crippen molar-refractivity contribution in [2.24, 2.45) is 11.1 Å². The van der Waals surface area contributed by atoms with Crippen LogP contribution in [0.25, 0.3) is 0 Å². The van der Waals surface area contributed by atoms with Gasteiger partial charge in [0, 0.05) is 17.3 Å². The van der Waals surface area contributed by atoms with E-state index in [1.807, 2.05) is 18.2 Å². The molecule has 2 aliphatic carbocycles. The first kappa shape index (κ1) is 12.5. The van der Waals surface area contributed by atoms with E-state index in [1.165, 1.54) is 44.9 Å². The summed E-state index contributed by atoms with van der Waals surface area (Å²) in [6, 6.07) is 8.15. The molecular weight excluding hydrogens is 236 g/mol. The molecule has 3 N–H and O–H groups in total. The fourth-order valence-electron chi connectivity index (χ4n) is 3.74. The molecule has 102 valence electrons. The number of benzene rings is 1. The Labute approximate surface area is 114 Å². The molecule has 3 rings (SSSR count). The molecule has 0 bridgehead atoms. The van der Waals surface area contributed by atoms with Crippen molar-refractivity contribution in [2.45, 2.75) is 51.0 Å². The number of hydrogen-bond donors (Lipinski definition) is 2. The molecule has 3 heteroatoms. The molecule has 0 heterocycles. The molecule has 1 aromatic rings. The normalized spacial score (nSPS) is 24.7. The van der Waals surface area contributed by atoms with E-state index in [9.17, 15) is 4.79 Å². The van der Waals surface area contributed by atoms with Crippen molar-refractivity contribution in [1.82, 2.24) is 0 Å². The molecule has 0 radical (unpaired) electrons. The molecule has 1 atom stereocenters. The van der Waals surface area contributed by atoms with Crippen molar-refractivity contribution < 1.29 is 4.79 Å². The average Bonchev–Trinajstić information content (AvgIpc) is 2.45. The third-order valence-electron chi connectivity index (χ3n) is 5.01. The quantitative estimate of drug-likeness (QED) is 0.874. The fraction of sp³-hybridized carbons (Fsp3) is 0.562. The number of carbonyl (C=O) groups excluding carboxylic acids is 1. The van der Waals surface area contributed by atoms with Crippen LogP contribution in [0.5, 0.6) is 0 Å². The van der Waals surface area contributed by atoms with Crippen LogP contribution in [0.3, 0.4) is 0 Å². The Morgan fingerprint density at radius 3 is 2.63 bits per heavy atom. The molecule has 1 aromatic carbocycles. The van der Waals surface area contributed by atoms with E-state index in [0.29, 0.717) is 17.0 Å². The smallest absolute Gasteiger partial charge is 0.248 e. The van der Waals surface area contributed by atoms with E-state index >= 15 is 0 Å². The molecule has 1 spiro atoms. The highest BCUT2D eigenvalue weighted by atomic mass is 16.1. The second-order valence-electron chi connectivity index (χ2n) is 6.10. The zero-order chi connectivity index (χ0) is 13.3. The lowest BCUT2D eigenvalue weighted by Crippen LogP contribution is -2.50. The third-order valence-corrected chi connectivity index (χ3v) is 5.01. The van der Waals surface area contributed by atoms with E-state index in [0.717, 1.165) is 5.69 Å². The summed E-state index contributed by atoms with van der Waals surface area (Å²) in [7, 11) is 0. The molecule has 0 aromatic heterocycles. The molecule has 19 heavy (non-hydrogen) atoms. The van der Waals surface area contributed by atoms with Gasteiger partial charge in [-0.3, -0.25) is 4.79 Å². The maximum atomic E-state index is 11.2. The maximum absolute atomic E-state index is 11.2. The first-order valence-corrected chi connectivity index (χ1v) is 7.36. The van der Waals surface area contributed by atoms with E-state index in [-0.39, 0.29) is 5.91 Å². The second-order valence-corrected chi connectivity index (χ2v) is 6.10. The monoisotopic (exact) mass is 258 g/mol. The molecule has 2 fully saturated rings. The summed E-state index contributed by atoms with van der Waals surface area (Å²) in [4.78, 5) is 11.2. The van der Waals surface area contributed by atoms with Crippen molar-refractivity contribution in [3.8, 4) is 0 Å². The Morgan fingerprint density at radius 1 is 1.21 bits per heavy atom. The predicted octanol–water partition coefficient (Wildman–Crippen LogP) is 3.31. The van der Waals surface area contributed by atoms with Crippen LogP contribution in [-0.4, -0.2) is 11.9 Å². The van der Waals surface area contributed by atoms with Gasteiger partial charge < -0.3 is 11.1 Å². The Kier molecular flexibility index (Phi) is 3.21. The Balaban J connectivity index is 1.71. The van der Waals surface area contributed by atoms with Gasteiger partial charge in [-0.1, -0.05) is 25.3 Å². The Morgan fingerprint density at radius 2 is 2.00 bits per heavy atom. The van der Waals surface area contributed by atoms with Crippen molar-refractivity contribution in [1.29, 1.82) is 0 Å². The van der Waals surface area contributed by atoms with Crippen molar-refractivity contribution in [3.05, 3.63) is 29.8 Å². The van der Waals surface area contributed by atoms with Gasteiger partial charge >= 0.3 is 0 Å². The van der Waals surface area contributed by atoms with Gasteiger partial charge in [-0.2, -0.15) is 0 Å². The summed E-state index contributed by atoms with van der Waals surface area (Å²) >= 11 is 0. The highest BCUT2D eigenvalue weighted by Gasteiger charge is 2.46. The van der Waals surface area contributed by atoms with Gasteiger partial charge in [0.05, 0.1) is 0 Å². The third kappa shape index (κ3) is 2.34. The zero-order valence-electron chi connectivity index (χ0n) is 11.3. The first-order chi connectivity index (χ1) is 9.20. The van der Waals surface area contributed by atoms with E-state index in [4.69, 9.17) is 5.73 Å². The average molecular weight is 258 g/mol. The van der Waals surface area contributed by atoms with Gasteiger partial charge in [0.15, 0.2) is 0 Å². The maximum Gasteiger partial charge on any atom is 0.248 e. The molecule has 2 saturated carbocycles. The predicted molar refractivity (Wildman–Crippen MR) is 77.1 cm³/mol. The molecule has 1 amide bonds. The topological polar surface area (TPSA) is 55.1 Å². The molecule has 2 aliphatic rings. The van der Waals surface area contributed by atoms with Crippen LogP contribution < -0.4 is 11.1 Å². The second kappa shape index (κ2) is 4.87. The molecule has 1 unspecified atom stereocenters. The Hall–Kier alpha value is -1.51. The van der Waals surface area contributed by atoms with Gasteiger partial charge in [0.1, 0.15) is 0 Å². The van der Waals surface area contributed by atoms with Gasteiger partial charge in [-0.15, -0.1) is 0 Å². The number of rotatable bonds is 3. The fourth-order valence-corrected chi connectivity index (χ4v) is 3.74. The van der Waals surface area contributed by atoms with Gasteiger partial charge in [-0.25, -0.2) is 0 Å². The highest BCUT2D eigenvalue weighted by Crippen LogP contribution is 2.52. The van der Waals surface area contributed by atoms with Crippen LogP contribution >= 0.6 is 0 Å². The standard InChI is InChI=1S/C16H22N2O/c17-15(19)12-5-4-6-13(11-12)18-14-7-10-16(14)8-2-1-3-9-16/h4-6,11,14,18H,1-3,7-10H2,(H2,17,19). The van der Waals surface area contributed by atoms with Crippen LogP contribution in [0.1, 0.15) is 55.3 Å². The number of nitrogens with two attached hydrogens (primary N) is 1. The number of nitrogens with one attached hydrogen (secondary N) is 1. The van der Waals surface area contributed by atoms with Crippen molar-refractivity contribution >= 4 is 11.6 Å². The van der Waals surface area contributed by atoms with E-state index in [2.05, 4.69) is 5.32 Å². The number of hydrogen-bond acceptors (Lipinski definition) is 2. The highest BCUT2D eigenvalue weighted by molar-refractivity contribution is 5.93. The van der Waals surface area contributed by atoms with Crippen LogP contribution in [0.2, 0.25) is 0 Å². The van der Waals surface area contributed by atoms with Crippen LogP contribution in [-0.2, 0) is 0 Å². The number of anilines is 1. The largest absolute Gasteiger partial charge is 0.382 e. The summed E-state index contributed by atoms with van der Waals surface area (Å²) in [5.41, 5.74) is 7.48. The minimum Gasteiger partial charge on any atom is -0.382 e. The molecular formula is C16H22N2O. The number of carbonyl (C=O) groups is 1. The summed E-state index contributed by atoms with van der Waals surface area (Å²) in [5, 5.41) is 3.63. The molecule has 0 aliphatic heterocycles. The minimum atomic E-state index is -0.357. The van der Waals surface area contributed by atoms with Crippen LogP contribution in [0, 0.1) is 5.41 Å². The lowest BCUT2D eigenvalue weighted by molar-refractivity contribution is 0.0571. The summed E-state index contributed by atoms with van der Waals surface area (Å²) in [6.07, 6.45) is 9.48. The summed E-state index contributed by atoms with van der Waals surface area (Å²) < 4.78 is 0. The SMILES string of the molecule is NC(=O)c1cccc(NC2CCC23CCCCC3)c1. The lowest BCUT2D eigenvalue weighted by Gasteiger charge is -2.52. The summed E-state index contributed by atoms with van der Waals surface area (Å²) in [5.74, 6) is -0.357. The Bertz CT molecular complexity index is 477. The number of amides is 1. The molecule has 0 saturated heterocycles. The van der Waals surface area contributed by atoms with Crippen molar-refractivity contribution in [2.75, 3.05) is 5.32 Å². The zero-order valence-corrected chi connectivity index (χ0v) is 11.3. The van der Waals surface area contributed by atoms with E-state index < -0.39 is 0 Å². The van der Waals surface area contributed by atoms with E-state index in [1.54, 1.807) is 6.07 Å². The van der Waals surface area contributed by atoms with Crippen molar-refractivity contribution in [3.63, 3.8) is 0 Å². The van der Waals surface area contributed by atoms with Gasteiger partial charge in [-0.05, 0) is 49.3 Å². The van der Waals surface area contributed by atoms with Crippen LogP contribution in [0.15, 0.2) is 24.3 Å². The number of primary amides is 1. The van der Waals surface area contributed by atoms with Gasteiger partial charge in [0.25, 0.3) is 0 Å². The molecule has 3 nitrogen and oxygen atoms in total. The first-order valence-electron chi connectivity index (χ1n) is 7.36. The van der Waals surface area contributed by atoms with Gasteiger partial charge in [0.2, 0.25) is 5.91 Å². The lowest BCUT2D eigenvalue weighted by atomic mass is 9.57. The summed E-state index contributed by atoms with van der Waals surface area (Å²) in [6.45, 7) is 0. The minimum absolute atomic E-state index is 0.357.